The van der Waals surface area contributed by atoms with Gasteiger partial charge in [0, 0.05) is 25.6 Å². The Bertz CT molecular complexity index is 1420. The Morgan fingerprint density at radius 3 is 2.47 bits per heavy atom. The summed E-state index contributed by atoms with van der Waals surface area (Å²) >= 11 is 0. The maximum absolute atomic E-state index is 12.2. The number of benzene rings is 2. The standard InChI is InChI=1S/C26H26N8O2/c1-3-4-9-23-27-15-19(14-22-25(35)28-26(36)33(22)2)34(23)16-17-10-12-18(13-11-17)20-7-5-6-8-21(20)24-29-31-32-30-24/h5-8,10-15H,3-4,9,16H2,1-2H3,(H,28,35,36)(H,29,30,31,32)/b22-14+. The lowest BCUT2D eigenvalue weighted by Gasteiger charge is -2.13. The van der Waals surface area contributed by atoms with Gasteiger partial charge in [0.1, 0.15) is 11.5 Å². The number of carbonyl (C=O) groups excluding carboxylic acids is 2. The average molecular weight is 483 g/mol. The molecule has 1 aliphatic heterocycles. The van der Waals surface area contributed by atoms with Gasteiger partial charge in [-0.25, -0.2) is 14.9 Å². The van der Waals surface area contributed by atoms with Gasteiger partial charge in [-0.1, -0.05) is 61.9 Å². The Morgan fingerprint density at radius 2 is 1.81 bits per heavy atom. The molecule has 3 amide bonds. The first-order valence-electron chi connectivity index (χ1n) is 11.8. The predicted octanol–water partition coefficient (Wildman–Crippen LogP) is 3.64. The molecule has 5 rings (SSSR count). The molecule has 0 unspecified atom stereocenters. The number of unbranched alkanes of at least 4 members (excludes halogenated alkanes) is 1. The van der Waals surface area contributed by atoms with Crippen molar-refractivity contribution in [1.82, 2.24) is 40.4 Å². The van der Waals surface area contributed by atoms with E-state index in [0.29, 0.717) is 18.1 Å². The van der Waals surface area contributed by atoms with Crippen molar-refractivity contribution in [2.24, 2.45) is 0 Å². The van der Waals surface area contributed by atoms with Crippen LogP contribution in [0.4, 0.5) is 4.79 Å². The molecule has 0 bridgehead atoms. The molecule has 4 aromatic rings. The molecule has 1 saturated heterocycles. The lowest BCUT2D eigenvalue weighted by atomic mass is 9.98. The molecule has 2 N–H and O–H groups in total. The number of carbonyl (C=O) groups is 2. The van der Waals surface area contributed by atoms with Crippen LogP contribution in [-0.2, 0) is 17.8 Å². The predicted molar refractivity (Wildman–Crippen MR) is 134 cm³/mol. The molecule has 36 heavy (non-hydrogen) atoms. The summed E-state index contributed by atoms with van der Waals surface area (Å²) in [6, 6.07) is 15.9. The summed E-state index contributed by atoms with van der Waals surface area (Å²) in [7, 11) is 1.58. The quantitative estimate of drug-likeness (QED) is 0.292. The van der Waals surface area contributed by atoms with Gasteiger partial charge in [-0.15, -0.1) is 5.10 Å². The third kappa shape index (κ3) is 4.52. The Balaban J connectivity index is 1.45. The summed E-state index contributed by atoms with van der Waals surface area (Å²) in [5.41, 5.74) is 5.17. The van der Waals surface area contributed by atoms with E-state index in [0.717, 1.165) is 53.0 Å². The summed E-state index contributed by atoms with van der Waals surface area (Å²) in [6.07, 6.45) is 6.38. The van der Waals surface area contributed by atoms with E-state index >= 15 is 0 Å². The van der Waals surface area contributed by atoms with Crippen molar-refractivity contribution >= 4 is 18.0 Å². The van der Waals surface area contributed by atoms with Gasteiger partial charge < -0.3 is 4.57 Å². The van der Waals surface area contributed by atoms with Crippen molar-refractivity contribution in [2.75, 3.05) is 7.05 Å². The molecule has 1 fully saturated rings. The minimum atomic E-state index is -0.430. The van der Waals surface area contributed by atoms with Gasteiger partial charge in [0.05, 0.1) is 11.9 Å². The van der Waals surface area contributed by atoms with E-state index in [4.69, 9.17) is 0 Å². The highest BCUT2D eigenvalue weighted by Crippen LogP contribution is 2.30. The number of hydrogen-bond acceptors (Lipinski definition) is 6. The lowest BCUT2D eigenvalue weighted by Crippen LogP contribution is -2.24. The Labute approximate surface area is 208 Å². The Morgan fingerprint density at radius 1 is 1.03 bits per heavy atom. The van der Waals surface area contributed by atoms with E-state index in [2.05, 4.69) is 66.7 Å². The van der Waals surface area contributed by atoms with Crippen molar-refractivity contribution in [1.29, 1.82) is 0 Å². The first kappa shape index (κ1) is 23.2. The van der Waals surface area contributed by atoms with E-state index in [1.54, 1.807) is 19.3 Å². The van der Waals surface area contributed by atoms with Crippen LogP contribution in [0, 0.1) is 0 Å². The number of likely N-dealkylation sites (N-methyl/N-ethyl adjacent to an activating group) is 1. The highest BCUT2D eigenvalue weighted by molar-refractivity contribution is 6.13. The number of aromatic amines is 1. The summed E-state index contributed by atoms with van der Waals surface area (Å²) in [4.78, 5) is 30.1. The molecule has 2 aromatic carbocycles. The minimum absolute atomic E-state index is 0.303. The summed E-state index contributed by atoms with van der Waals surface area (Å²) in [6.45, 7) is 2.73. The highest BCUT2D eigenvalue weighted by atomic mass is 16.2. The number of rotatable bonds is 8. The van der Waals surface area contributed by atoms with Crippen molar-refractivity contribution in [3.05, 3.63) is 77.5 Å². The SMILES string of the molecule is CCCCc1ncc(/C=C2\C(=O)NC(=O)N2C)n1Cc1ccc(-c2ccccc2-c2nnn[nH]2)cc1. The van der Waals surface area contributed by atoms with Crippen molar-refractivity contribution in [3.63, 3.8) is 0 Å². The smallest absolute Gasteiger partial charge is 0.324 e. The number of H-pyrrole nitrogens is 1. The maximum Gasteiger partial charge on any atom is 0.328 e. The van der Waals surface area contributed by atoms with E-state index in [9.17, 15) is 9.59 Å². The monoisotopic (exact) mass is 482 g/mol. The van der Waals surface area contributed by atoms with E-state index in [1.165, 1.54) is 4.90 Å². The molecule has 0 radical (unpaired) electrons. The third-order valence-corrected chi connectivity index (χ3v) is 6.26. The van der Waals surface area contributed by atoms with E-state index < -0.39 is 11.9 Å². The molecule has 0 aliphatic carbocycles. The molecule has 182 valence electrons. The number of nitrogens with one attached hydrogen (secondary N) is 2. The zero-order valence-electron chi connectivity index (χ0n) is 20.1. The zero-order chi connectivity index (χ0) is 25.1. The van der Waals surface area contributed by atoms with Gasteiger partial charge in [-0.3, -0.25) is 15.0 Å². The Kier molecular flexibility index (Phi) is 6.40. The van der Waals surface area contributed by atoms with Gasteiger partial charge in [0.25, 0.3) is 5.91 Å². The Hall–Kier alpha value is -4.60. The number of tetrazole rings is 1. The zero-order valence-corrected chi connectivity index (χ0v) is 20.1. The number of imide groups is 1. The molecule has 3 heterocycles. The highest BCUT2D eigenvalue weighted by Gasteiger charge is 2.30. The van der Waals surface area contributed by atoms with Crippen LogP contribution in [0.3, 0.4) is 0 Å². The van der Waals surface area contributed by atoms with Gasteiger partial charge >= 0.3 is 6.03 Å². The molecule has 2 aromatic heterocycles. The molecular weight excluding hydrogens is 456 g/mol. The summed E-state index contributed by atoms with van der Waals surface area (Å²) in [5, 5.41) is 16.6. The van der Waals surface area contributed by atoms with Crippen molar-refractivity contribution in [2.45, 2.75) is 32.7 Å². The van der Waals surface area contributed by atoms with E-state index in [1.807, 2.05) is 24.3 Å². The number of amides is 3. The number of aromatic nitrogens is 6. The third-order valence-electron chi connectivity index (χ3n) is 6.26. The first-order chi connectivity index (χ1) is 17.5. The lowest BCUT2D eigenvalue weighted by molar-refractivity contribution is -0.115. The van der Waals surface area contributed by atoms with Crippen LogP contribution in [0.25, 0.3) is 28.6 Å². The van der Waals surface area contributed by atoms with Crippen LogP contribution in [0.1, 0.15) is 36.8 Å². The average Bonchev–Trinajstić information content (AvgIpc) is 3.61. The molecule has 0 saturated carbocycles. The van der Waals surface area contributed by atoms with Gasteiger partial charge in [0.2, 0.25) is 0 Å². The van der Waals surface area contributed by atoms with Gasteiger partial charge in [0.15, 0.2) is 5.82 Å². The minimum Gasteiger partial charge on any atom is -0.324 e. The second kappa shape index (κ2) is 9.95. The number of nitrogens with zero attached hydrogens (tertiary/aromatic N) is 6. The van der Waals surface area contributed by atoms with Crippen LogP contribution in [0.15, 0.2) is 60.4 Å². The van der Waals surface area contributed by atoms with Crippen LogP contribution in [-0.4, -0.2) is 54.1 Å². The van der Waals surface area contributed by atoms with Crippen LogP contribution < -0.4 is 5.32 Å². The number of imidazole rings is 1. The van der Waals surface area contributed by atoms with Gasteiger partial charge in [-0.05, 0) is 39.6 Å². The normalized spacial score (nSPS) is 14.6. The largest absolute Gasteiger partial charge is 0.328 e. The second-order valence-corrected chi connectivity index (χ2v) is 8.63. The molecule has 1 aliphatic rings. The fourth-order valence-corrected chi connectivity index (χ4v) is 4.26. The van der Waals surface area contributed by atoms with Crippen molar-refractivity contribution < 1.29 is 9.59 Å². The fourth-order valence-electron chi connectivity index (χ4n) is 4.26. The molecule has 0 atom stereocenters. The van der Waals surface area contributed by atoms with E-state index in [-0.39, 0.29) is 0 Å². The van der Waals surface area contributed by atoms with Gasteiger partial charge in [-0.2, -0.15) is 0 Å². The topological polar surface area (TPSA) is 122 Å². The van der Waals surface area contributed by atoms with Crippen molar-refractivity contribution in [3.8, 4) is 22.5 Å². The number of urea groups is 1. The van der Waals surface area contributed by atoms with Crippen LogP contribution in [0.5, 0.6) is 0 Å². The molecule has 10 heteroatoms. The maximum atomic E-state index is 12.2. The van der Waals surface area contributed by atoms with Crippen LogP contribution >= 0.6 is 0 Å². The molecule has 0 spiro atoms. The van der Waals surface area contributed by atoms with Crippen LogP contribution in [0.2, 0.25) is 0 Å². The molecular formula is C26H26N8O2. The fraction of sp³-hybridized carbons (Fsp3) is 0.231. The molecule has 10 nitrogen and oxygen atoms in total. The second-order valence-electron chi connectivity index (χ2n) is 8.63. The number of aryl methyl sites for hydroxylation is 1. The number of hydrogen-bond donors (Lipinski definition) is 2. The summed E-state index contributed by atoms with van der Waals surface area (Å²) in [5.74, 6) is 1.16. The first-order valence-corrected chi connectivity index (χ1v) is 11.8. The summed E-state index contributed by atoms with van der Waals surface area (Å²) < 4.78 is 2.11.